The van der Waals surface area contributed by atoms with Crippen LogP contribution < -0.4 is 10.2 Å². The van der Waals surface area contributed by atoms with E-state index in [-0.39, 0.29) is 11.9 Å². The molecule has 1 aromatic rings. The quantitative estimate of drug-likeness (QED) is 0.882. The highest BCUT2D eigenvalue weighted by atomic mass is 16.1. The van der Waals surface area contributed by atoms with Crippen molar-refractivity contribution in [3.63, 3.8) is 0 Å². The van der Waals surface area contributed by atoms with Crippen molar-refractivity contribution in [1.82, 2.24) is 15.3 Å². The number of rotatable bonds is 3. The van der Waals surface area contributed by atoms with Gasteiger partial charge in [0.1, 0.15) is 11.5 Å². The summed E-state index contributed by atoms with van der Waals surface area (Å²) in [5, 5.41) is 2.80. The van der Waals surface area contributed by atoms with E-state index in [4.69, 9.17) is 0 Å². The minimum atomic E-state index is -0.164. The zero-order valence-electron chi connectivity index (χ0n) is 11.0. The molecule has 1 aliphatic rings. The first kappa shape index (κ1) is 12.8. The van der Waals surface area contributed by atoms with E-state index in [9.17, 15) is 4.79 Å². The van der Waals surface area contributed by atoms with Crippen molar-refractivity contribution in [3.8, 4) is 0 Å². The lowest BCUT2D eigenvalue weighted by Crippen LogP contribution is -2.32. The standard InChI is InChI=1S/C13H20N4O/c1-10(2)16-13(18)11-8-15-12(9-14-11)17-6-4-3-5-7-17/h8-10H,3-7H2,1-2H3,(H,16,18). The molecule has 5 heteroatoms. The highest BCUT2D eigenvalue weighted by Gasteiger charge is 2.14. The Morgan fingerprint density at radius 2 is 1.94 bits per heavy atom. The van der Waals surface area contributed by atoms with Crippen LogP contribution in [0.25, 0.3) is 0 Å². The number of nitrogens with zero attached hydrogens (tertiary/aromatic N) is 3. The average Bonchev–Trinajstić information content (AvgIpc) is 2.39. The van der Waals surface area contributed by atoms with E-state index in [2.05, 4.69) is 20.2 Å². The Morgan fingerprint density at radius 3 is 2.50 bits per heavy atom. The maximum absolute atomic E-state index is 11.7. The van der Waals surface area contributed by atoms with E-state index in [1.165, 1.54) is 19.3 Å². The first-order valence-electron chi connectivity index (χ1n) is 6.54. The zero-order valence-corrected chi connectivity index (χ0v) is 11.0. The van der Waals surface area contributed by atoms with E-state index in [0.29, 0.717) is 5.69 Å². The fourth-order valence-electron chi connectivity index (χ4n) is 2.06. The van der Waals surface area contributed by atoms with E-state index in [0.717, 1.165) is 18.9 Å². The summed E-state index contributed by atoms with van der Waals surface area (Å²) < 4.78 is 0. The van der Waals surface area contributed by atoms with Gasteiger partial charge in [-0.2, -0.15) is 0 Å². The summed E-state index contributed by atoms with van der Waals surface area (Å²) in [4.78, 5) is 22.5. The molecule has 2 rings (SSSR count). The lowest BCUT2D eigenvalue weighted by atomic mass is 10.1. The Kier molecular flexibility index (Phi) is 4.12. The van der Waals surface area contributed by atoms with Gasteiger partial charge in [0.05, 0.1) is 12.4 Å². The third-order valence-corrected chi connectivity index (χ3v) is 2.97. The van der Waals surface area contributed by atoms with Crippen molar-refractivity contribution in [3.05, 3.63) is 18.1 Å². The molecule has 98 valence electrons. The van der Waals surface area contributed by atoms with Gasteiger partial charge in [-0.3, -0.25) is 4.79 Å². The highest BCUT2D eigenvalue weighted by Crippen LogP contribution is 2.16. The van der Waals surface area contributed by atoms with Gasteiger partial charge in [-0.1, -0.05) is 0 Å². The minimum Gasteiger partial charge on any atom is -0.355 e. The van der Waals surface area contributed by atoms with Crippen LogP contribution in [-0.2, 0) is 0 Å². The number of amides is 1. The molecule has 0 atom stereocenters. The van der Waals surface area contributed by atoms with Gasteiger partial charge in [0.2, 0.25) is 0 Å². The normalized spacial score (nSPS) is 15.8. The van der Waals surface area contributed by atoms with Crippen LogP contribution in [0.5, 0.6) is 0 Å². The maximum Gasteiger partial charge on any atom is 0.271 e. The predicted octanol–water partition coefficient (Wildman–Crippen LogP) is 1.61. The molecule has 0 unspecified atom stereocenters. The highest BCUT2D eigenvalue weighted by molar-refractivity contribution is 5.92. The first-order chi connectivity index (χ1) is 8.66. The number of hydrogen-bond acceptors (Lipinski definition) is 4. The monoisotopic (exact) mass is 248 g/mol. The van der Waals surface area contributed by atoms with Gasteiger partial charge >= 0.3 is 0 Å². The first-order valence-corrected chi connectivity index (χ1v) is 6.54. The largest absolute Gasteiger partial charge is 0.355 e. The Bertz CT molecular complexity index is 396. The van der Waals surface area contributed by atoms with Gasteiger partial charge in [0, 0.05) is 19.1 Å². The van der Waals surface area contributed by atoms with Crippen LogP contribution in [0.2, 0.25) is 0 Å². The summed E-state index contributed by atoms with van der Waals surface area (Å²) >= 11 is 0. The molecule has 0 spiro atoms. The fourth-order valence-corrected chi connectivity index (χ4v) is 2.06. The van der Waals surface area contributed by atoms with Crippen LogP contribution in [0.4, 0.5) is 5.82 Å². The predicted molar refractivity (Wildman–Crippen MR) is 70.7 cm³/mol. The Balaban J connectivity index is 2.02. The van der Waals surface area contributed by atoms with Gasteiger partial charge in [-0.25, -0.2) is 9.97 Å². The van der Waals surface area contributed by atoms with Crippen molar-refractivity contribution in [2.75, 3.05) is 18.0 Å². The topological polar surface area (TPSA) is 58.1 Å². The SMILES string of the molecule is CC(C)NC(=O)c1cnc(N2CCCCC2)cn1. The molecule has 5 nitrogen and oxygen atoms in total. The number of hydrogen-bond donors (Lipinski definition) is 1. The maximum atomic E-state index is 11.7. The van der Waals surface area contributed by atoms with Crippen molar-refractivity contribution in [1.29, 1.82) is 0 Å². The Hall–Kier alpha value is -1.65. The third-order valence-electron chi connectivity index (χ3n) is 2.97. The van der Waals surface area contributed by atoms with Crippen LogP contribution in [0.1, 0.15) is 43.6 Å². The molecule has 0 saturated carbocycles. The van der Waals surface area contributed by atoms with Crippen molar-refractivity contribution < 1.29 is 4.79 Å². The summed E-state index contributed by atoms with van der Waals surface area (Å²) in [6.45, 7) is 5.92. The smallest absolute Gasteiger partial charge is 0.271 e. The third kappa shape index (κ3) is 3.18. The summed E-state index contributed by atoms with van der Waals surface area (Å²) in [7, 11) is 0. The molecule has 0 aliphatic carbocycles. The van der Waals surface area contributed by atoms with E-state index < -0.39 is 0 Å². The summed E-state index contributed by atoms with van der Waals surface area (Å²) in [6.07, 6.45) is 6.95. The molecule has 1 amide bonds. The molecule has 0 bridgehead atoms. The van der Waals surface area contributed by atoms with Crippen LogP contribution >= 0.6 is 0 Å². The summed E-state index contributed by atoms with van der Waals surface area (Å²) in [5.74, 6) is 0.707. The second-order valence-corrected chi connectivity index (χ2v) is 4.94. The molecule has 1 fully saturated rings. The average molecular weight is 248 g/mol. The Morgan fingerprint density at radius 1 is 1.22 bits per heavy atom. The minimum absolute atomic E-state index is 0.112. The number of nitrogens with one attached hydrogen (secondary N) is 1. The van der Waals surface area contributed by atoms with Gasteiger partial charge in [0.15, 0.2) is 0 Å². The van der Waals surface area contributed by atoms with Crippen LogP contribution in [0, 0.1) is 0 Å². The molecule has 1 aliphatic heterocycles. The number of carbonyl (C=O) groups is 1. The van der Waals surface area contributed by atoms with Crippen molar-refractivity contribution in [2.24, 2.45) is 0 Å². The molecule has 2 heterocycles. The van der Waals surface area contributed by atoms with E-state index >= 15 is 0 Å². The van der Waals surface area contributed by atoms with Crippen molar-refractivity contribution in [2.45, 2.75) is 39.2 Å². The van der Waals surface area contributed by atoms with Gasteiger partial charge in [0.25, 0.3) is 5.91 Å². The Labute approximate surface area is 108 Å². The number of anilines is 1. The molecule has 0 radical (unpaired) electrons. The molecular weight excluding hydrogens is 228 g/mol. The number of carbonyl (C=O) groups excluding carboxylic acids is 1. The van der Waals surface area contributed by atoms with Crippen LogP contribution in [0.15, 0.2) is 12.4 Å². The van der Waals surface area contributed by atoms with Gasteiger partial charge in [-0.05, 0) is 33.1 Å². The number of piperidine rings is 1. The van der Waals surface area contributed by atoms with Gasteiger partial charge in [-0.15, -0.1) is 0 Å². The summed E-state index contributed by atoms with van der Waals surface area (Å²) in [5.41, 5.74) is 0.379. The molecular formula is C13H20N4O. The molecule has 0 aromatic carbocycles. The van der Waals surface area contributed by atoms with Gasteiger partial charge < -0.3 is 10.2 Å². The molecule has 18 heavy (non-hydrogen) atoms. The fraction of sp³-hybridized carbons (Fsp3) is 0.615. The molecule has 1 saturated heterocycles. The number of aromatic nitrogens is 2. The van der Waals surface area contributed by atoms with E-state index in [1.807, 2.05) is 13.8 Å². The molecule has 1 aromatic heterocycles. The lowest BCUT2D eigenvalue weighted by molar-refractivity contribution is 0.0937. The second-order valence-electron chi connectivity index (χ2n) is 4.94. The van der Waals surface area contributed by atoms with Crippen LogP contribution in [0.3, 0.4) is 0 Å². The second kappa shape index (κ2) is 5.80. The van der Waals surface area contributed by atoms with Crippen LogP contribution in [-0.4, -0.2) is 35.0 Å². The van der Waals surface area contributed by atoms with Crippen molar-refractivity contribution >= 4 is 11.7 Å². The summed E-state index contributed by atoms with van der Waals surface area (Å²) in [6, 6.07) is 0.112. The zero-order chi connectivity index (χ0) is 13.0. The van der Waals surface area contributed by atoms with E-state index in [1.54, 1.807) is 12.4 Å². The lowest BCUT2D eigenvalue weighted by Gasteiger charge is -2.27. The molecule has 1 N–H and O–H groups in total.